The summed E-state index contributed by atoms with van der Waals surface area (Å²) in [6, 6.07) is 9.87. The summed E-state index contributed by atoms with van der Waals surface area (Å²) >= 11 is 12.1. The van der Waals surface area contributed by atoms with Crippen molar-refractivity contribution in [3.63, 3.8) is 0 Å². The smallest absolute Gasteiger partial charge is 0.251 e. The maximum absolute atomic E-state index is 12.6. The quantitative estimate of drug-likeness (QED) is 0.719. The fraction of sp³-hybridized carbons (Fsp3) is 0.176. The van der Waals surface area contributed by atoms with Gasteiger partial charge in [-0.1, -0.05) is 29.3 Å². The number of nitrogens with zero attached hydrogens (tertiary/aromatic N) is 4. The van der Waals surface area contributed by atoms with Crippen LogP contribution in [-0.4, -0.2) is 33.2 Å². The minimum absolute atomic E-state index is 0.263. The number of aromatic nitrogens is 4. The summed E-state index contributed by atoms with van der Waals surface area (Å²) in [5.41, 5.74) is 1.77. The molecular formula is C17H15Cl2N5O2. The van der Waals surface area contributed by atoms with E-state index in [1.807, 2.05) is 6.92 Å². The third-order valence-corrected chi connectivity index (χ3v) is 4.38. The Hall–Kier alpha value is -2.64. The number of ether oxygens (including phenoxy) is 1. The first-order chi connectivity index (χ1) is 12.5. The average molecular weight is 392 g/mol. The van der Waals surface area contributed by atoms with E-state index in [0.29, 0.717) is 27.0 Å². The molecule has 0 saturated heterocycles. The molecule has 1 heterocycles. The summed E-state index contributed by atoms with van der Waals surface area (Å²) in [4.78, 5) is 12.6. The number of carbonyl (C=O) groups is 1. The van der Waals surface area contributed by atoms with Crippen molar-refractivity contribution in [1.82, 2.24) is 25.5 Å². The molecule has 0 saturated carbocycles. The van der Waals surface area contributed by atoms with Crippen LogP contribution in [0.1, 0.15) is 28.9 Å². The van der Waals surface area contributed by atoms with E-state index in [4.69, 9.17) is 27.9 Å². The van der Waals surface area contributed by atoms with E-state index in [-0.39, 0.29) is 11.9 Å². The fourth-order valence-electron chi connectivity index (χ4n) is 2.49. The third-order valence-electron chi connectivity index (χ3n) is 3.81. The molecule has 26 heavy (non-hydrogen) atoms. The number of methoxy groups -OCH3 is 1. The molecule has 1 aromatic heterocycles. The molecule has 9 heteroatoms. The van der Waals surface area contributed by atoms with Gasteiger partial charge in [-0.25, -0.2) is 0 Å². The molecular weight excluding hydrogens is 377 g/mol. The summed E-state index contributed by atoms with van der Waals surface area (Å²) < 4.78 is 6.73. The van der Waals surface area contributed by atoms with Gasteiger partial charge in [-0.15, -0.1) is 5.10 Å². The molecule has 1 amide bonds. The highest BCUT2D eigenvalue weighted by Crippen LogP contribution is 2.27. The molecule has 0 aliphatic heterocycles. The molecule has 0 aliphatic carbocycles. The zero-order chi connectivity index (χ0) is 18.7. The van der Waals surface area contributed by atoms with Gasteiger partial charge in [0.05, 0.1) is 13.2 Å². The van der Waals surface area contributed by atoms with Crippen LogP contribution in [-0.2, 0) is 0 Å². The van der Waals surface area contributed by atoms with Gasteiger partial charge < -0.3 is 10.1 Å². The largest absolute Gasteiger partial charge is 0.494 e. The lowest BCUT2D eigenvalue weighted by molar-refractivity contribution is 0.0940. The fourth-order valence-corrected chi connectivity index (χ4v) is 3.06. The van der Waals surface area contributed by atoms with E-state index in [1.54, 1.807) is 36.4 Å². The standard InChI is InChI=1S/C17H15Cl2N5O2/c1-10(13-5-4-12(18)8-14(13)19)21-17(25)11-3-6-16(26-2)15(7-11)24-9-20-22-23-24/h3-10H,1-2H3,(H,21,25)/t10-/m0/s1. The zero-order valence-electron chi connectivity index (χ0n) is 14.0. The van der Waals surface area contributed by atoms with Gasteiger partial charge in [0.15, 0.2) is 0 Å². The Morgan fingerprint density at radius 1 is 1.23 bits per heavy atom. The molecule has 0 spiro atoms. The van der Waals surface area contributed by atoms with Gasteiger partial charge in [0, 0.05) is 15.6 Å². The second kappa shape index (κ2) is 7.72. The van der Waals surface area contributed by atoms with Gasteiger partial charge in [-0.05, 0) is 53.2 Å². The van der Waals surface area contributed by atoms with Crippen LogP contribution in [0.2, 0.25) is 10.0 Å². The van der Waals surface area contributed by atoms with Crippen molar-refractivity contribution in [3.8, 4) is 11.4 Å². The Kier molecular flexibility index (Phi) is 5.39. The van der Waals surface area contributed by atoms with Crippen molar-refractivity contribution in [1.29, 1.82) is 0 Å². The summed E-state index contributed by atoms with van der Waals surface area (Å²) in [6.45, 7) is 1.85. The molecule has 2 aromatic carbocycles. The van der Waals surface area contributed by atoms with Crippen molar-refractivity contribution < 1.29 is 9.53 Å². The van der Waals surface area contributed by atoms with Crippen LogP contribution in [0.3, 0.4) is 0 Å². The van der Waals surface area contributed by atoms with Crippen LogP contribution < -0.4 is 10.1 Å². The van der Waals surface area contributed by atoms with Gasteiger partial charge in [-0.3, -0.25) is 4.79 Å². The van der Waals surface area contributed by atoms with Gasteiger partial charge >= 0.3 is 0 Å². The van der Waals surface area contributed by atoms with Crippen LogP contribution in [0.25, 0.3) is 5.69 Å². The molecule has 0 radical (unpaired) electrons. The van der Waals surface area contributed by atoms with Gasteiger partial charge in [0.2, 0.25) is 0 Å². The lowest BCUT2D eigenvalue weighted by Crippen LogP contribution is -2.27. The second-order valence-electron chi connectivity index (χ2n) is 5.50. The number of rotatable bonds is 5. The van der Waals surface area contributed by atoms with Crippen molar-refractivity contribution in [3.05, 3.63) is 63.9 Å². The highest BCUT2D eigenvalue weighted by atomic mass is 35.5. The number of halogens is 2. The summed E-state index contributed by atoms with van der Waals surface area (Å²) in [7, 11) is 1.54. The maximum Gasteiger partial charge on any atom is 0.251 e. The van der Waals surface area contributed by atoms with Crippen molar-refractivity contribution in [2.45, 2.75) is 13.0 Å². The number of amides is 1. The first-order valence-electron chi connectivity index (χ1n) is 7.67. The summed E-state index contributed by atoms with van der Waals surface area (Å²) in [5.74, 6) is 0.281. The lowest BCUT2D eigenvalue weighted by atomic mass is 10.1. The predicted octanol–water partition coefficient (Wildman–Crippen LogP) is 3.47. The number of nitrogens with one attached hydrogen (secondary N) is 1. The first-order valence-corrected chi connectivity index (χ1v) is 8.42. The minimum Gasteiger partial charge on any atom is -0.494 e. The highest BCUT2D eigenvalue weighted by molar-refractivity contribution is 6.35. The van der Waals surface area contributed by atoms with Gasteiger partial charge in [0.1, 0.15) is 17.8 Å². The molecule has 0 unspecified atom stereocenters. The van der Waals surface area contributed by atoms with Crippen LogP contribution in [0, 0.1) is 0 Å². The van der Waals surface area contributed by atoms with Crippen LogP contribution in [0.4, 0.5) is 0 Å². The van der Waals surface area contributed by atoms with E-state index in [1.165, 1.54) is 18.1 Å². The second-order valence-corrected chi connectivity index (χ2v) is 6.35. The molecule has 134 valence electrons. The SMILES string of the molecule is COc1ccc(C(=O)N[C@@H](C)c2ccc(Cl)cc2Cl)cc1-n1cnnn1. The Labute approximate surface area is 159 Å². The lowest BCUT2D eigenvalue weighted by Gasteiger charge is -2.17. The number of hydrogen-bond acceptors (Lipinski definition) is 5. The van der Waals surface area contributed by atoms with E-state index in [2.05, 4.69) is 20.8 Å². The number of hydrogen-bond donors (Lipinski definition) is 1. The Bertz CT molecular complexity index is 931. The summed E-state index contributed by atoms with van der Waals surface area (Å²) in [6.07, 6.45) is 1.43. The summed E-state index contributed by atoms with van der Waals surface area (Å²) in [5, 5.41) is 15.0. The van der Waals surface area contributed by atoms with Crippen molar-refractivity contribution >= 4 is 29.1 Å². The van der Waals surface area contributed by atoms with E-state index in [9.17, 15) is 4.79 Å². The molecule has 0 aliphatic rings. The van der Waals surface area contributed by atoms with Crippen LogP contribution >= 0.6 is 23.2 Å². The average Bonchev–Trinajstić information content (AvgIpc) is 3.15. The zero-order valence-corrected chi connectivity index (χ0v) is 15.5. The normalized spacial score (nSPS) is 11.8. The third kappa shape index (κ3) is 3.79. The topological polar surface area (TPSA) is 81.9 Å². The molecule has 0 fully saturated rings. The van der Waals surface area contributed by atoms with E-state index >= 15 is 0 Å². The predicted molar refractivity (Wildman–Crippen MR) is 98.0 cm³/mol. The Balaban J connectivity index is 1.85. The van der Waals surface area contributed by atoms with Crippen molar-refractivity contribution in [2.75, 3.05) is 7.11 Å². The first kappa shape index (κ1) is 18.2. The number of carbonyl (C=O) groups excluding carboxylic acids is 1. The molecule has 3 rings (SSSR count). The van der Waals surface area contributed by atoms with E-state index < -0.39 is 0 Å². The molecule has 1 atom stereocenters. The minimum atomic E-state index is -0.300. The highest BCUT2D eigenvalue weighted by Gasteiger charge is 2.16. The van der Waals surface area contributed by atoms with Gasteiger partial charge in [0.25, 0.3) is 5.91 Å². The molecule has 1 N–H and O–H groups in total. The van der Waals surface area contributed by atoms with Crippen LogP contribution in [0.5, 0.6) is 5.75 Å². The Morgan fingerprint density at radius 3 is 2.69 bits per heavy atom. The van der Waals surface area contributed by atoms with Crippen LogP contribution in [0.15, 0.2) is 42.7 Å². The number of benzene rings is 2. The van der Waals surface area contributed by atoms with Crippen molar-refractivity contribution in [2.24, 2.45) is 0 Å². The monoisotopic (exact) mass is 391 g/mol. The van der Waals surface area contributed by atoms with Gasteiger partial charge in [-0.2, -0.15) is 4.68 Å². The van der Waals surface area contributed by atoms with E-state index in [0.717, 1.165) is 5.56 Å². The number of tetrazole rings is 1. The molecule has 3 aromatic rings. The molecule has 0 bridgehead atoms. The maximum atomic E-state index is 12.6. The Morgan fingerprint density at radius 2 is 2.04 bits per heavy atom. The molecule has 7 nitrogen and oxygen atoms in total.